The van der Waals surface area contributed by atoms with Gasteiger partial charge < -0.3 is 40.7 Å². The molecule has 10 heteroatoms. The van der Waals surface area contributed by atoms with Crippen molar-refractivity contribution >= 4 is 25.0 Å². The number of rotatable bonds is 46. The van der Waals surface area contributed by atoms with Crippen LogP contribution in [0.15, 0.2) is 0 Å². The van der Waals surface area contributed by atoms with E-state index in [0.29, 0.717) is 18.9 Å². The number of carbonyl (C=O) groups is 4. The highest BCUT2D eigenvalue weighted by molar-refractivity contribution is 5.69. The molecule has 0 bridgehead atoms. The van der Waals surface area contributed by atoms with E-state index in [1.165, 1.54) is 168 Å². The highest BCUT2D eigenvalue weighted by Gasteiger charge is 2.14. The van der Waals surface area contributed by atoms with Crippen LogP contribution >= 0.6 is 0 Å². The maximum atomic E-state index is 12.7. The van der Waals surface area contributed by atoms with Crippen LogP contribution in [0.25, 0.3) is 0 Å². The molecule has 0 aromatic heterocycles. The Morgan fingerprint density at radius 1 is 0.556 bits per heavy atom. The second kappa shape index (κ2) is 62.2. The predicted octanol–water partition coefficient (Wildman–Crippen LogP) is 13.0. The van der Waals surface area contributed by atoms with Crippen LogP contribution in [0.5, 0.6) is 0 Å². The van der Waals surface area contributed by atoms with Gasteiger partial charge >= 0.3 is 5.97 Å². The molecule has 0 spiro atoms. The van der Waals surface area contributed by atoms with Crippen LogP contribution in [0.2, 0.25) is 0 Å². The van der Waals surface area contributed by atoms with Gasteiger partial charge in [-0.3, -0.25) is 9.59 Å². The number of methoxy groups -OCH3 is 1. The van der Waals surface area contributed by atoms with Gasteiger partial charge in [-0.15, -0.1) is 0 Å². The Morgan fingerprint density at radius 3 is 1.35 bits per heavy atom. The molecule has 5 N–H and O–H groups in total. The minimum absolute atomic E-state index is 0.0202. The van der Waals surface area contributed by atoms with Crippen molar-refractivity contribution in [2.75, 3.05) is 40.3 Å². The molecule has 2 atom stereocenters. The molecule has 2 unspecified atom stereocenters. The quantitative estimate of drug-likeness (QED) is 0.0308. The molecule has 0 aliphatic heterocycles. The highest BCUT2D eigenvalue weighted by atomic mass is 16.5. The minimum Gasteiger partial charge on any atom is -0.462 e. The van der Waals surface area contributed by atoms with Gasteiger partial charge in [0.05, 0.1) is 12.1 Å². The Labute approximate surface area is 392 Å². The smallest absolute Gasteiger partial charge is 0.306 e. The summed E-state index contributed by atoms with van der Waals surface area (Å²) >= 11 is 0. The van der Waals surface area contributed by atoms with E-state index in [4.69, 9.17) is 14.3 Å². The summed E-state index contributed by atoms with van der Waals surface area (Å²) in [6.45, 7) is 15.1. The summed E-state index contributed by atoms with van der Waals surface area (Å²) in [4.78, 5) is 45.2. The Balaban J connectivity index is -0.000000807. The lowest BCUT2D eigenvalue weighted by atomic mass is 10.0. The predicted molar refractivity (Wildman–Crippen MR) is 271 cm³/mol. The van der Waals surface area contributed by atoms with Crippen molar-refractivity contribution in [1.29, 1.82) is 0 Å². The molecule has 63 heavy (non-hydrogen) atoms. The van der Waals surface area contributed by atoms with Crippen molar-refractivity contribution < 1.29 is 28.7 Å². The van der Waals surface area contributed by atoms with Gasteiger partial charge in [-0.2, -0.15) is 0 Å². The van der Waals surface area contributed by atoms with Crippen LogP contribution in [0.1, 0.15) is 259 Å². The molecule has 0 aliphatic carbocycles. The maximum absolute atomic E-state index is 12.7. The van der Waals surface area contributed by atoms with Crippen LogP contribution < -0.4 is 16.8 Å². The van der Waals surface area contributed by atoms with E-state index in [1.54, 1.807) is 0 Å². The van der Waals surface area contributed by atoms with Crippen LogP contribution in [-0.4, -0.2) is 88.4 Å². The molecule has 0 heterocycles. The molecule has 10 nitrogen and oxygen atoms in total. The number of nitrogens with zero attached hydrogens (tertiary/aromatic N) is 1. The normalized spacial score (nSPS) is 11.7. The SMILES string of the molecule is CCCCCCCCC(CC)OC.CCCCCCCCC(CCCCCCCC)OC(=O)CCCCCCCN(CCCCCCCC=O)CCCNC(C)C=O.CN.NC=O. The van der Waals surface area contributed by atoms with Crippen molar-refractivity contribution in [3.05, 3.63) is 0 Å². The fraction of sp³-hybridized carbons (Fsp3) is 0.925. The number of carbonyl (C=O) groups excluding carboxylic acids is 4. The molecule has 0 rings (SSSR count). The van der Waals surface area contributed by atoms with Crippen LogP contribution in [0, 0.1) is 0 Å². The third kappa shape index (κ3) is 60.1. The summed E-state index contributed by atoms with van der Waals surface area (Å²) in [6.07, 6.45) is 44.8. The first-order valence-corrected chi connectivity index (χ1v) is 26.6. The van der Waals surface area contributed by atoms with Gasteiger partial charge in [-0.25, -0.2) is 0 Å². The summed E-state index contributed by atoms with van der Waals surface area (Å²) in [7, 11) is 3.32. The lowest BCUT2D eigenvalue weighted by molar-refractivity contribution is -0.150. The van der Waals surface area contributed by atoms with Crippen LogP contribution in [0.3, 0.4) is 0 Å². The number of primary amides is 1. The molecule has 0 saturated heterocycles. The summed E-state index contributed by atoms with van der Waals surface area (Å²) in [5.41, 5.74) is 8.67. The van der Waals surface area contributed by atoms with Gasteiger partial charge in [0, 0.05) is 20.0 Å². The number of hydrogen-bond donors (Lipinski definition) is 3. The average molecular weight is 899 g/mol. The minimum atomic E-state index is -0.0753. The summed E-state index contributed by atoms with van der Waals surface area (Å²) in [6, 6.07) is -0.0753. The summed E-state index contributed by atoms with van der Waals surface area (Å²) < 4.78 is 11.3. The van der Waals surface area contributed by atoms with Gasteiger partial charge in [0.2, 0.25) is 6.41 Å². The van der Waals surface area contributed by atoms with Gasteiger partial charge in [0.15, 0.2) is 0 Å². The van der Waals surface area contributed by atoms with E-state index in [1.807, 2.05) is 14.0 Å². The lowest BCUT2D eigenvalue weighted by Crippen LogP contribution is -2.32. The van der Waals surface area contributed by atoms with Gasteiger partial charge in [0.25, 0.3) is 0 Å². The molecule has 1 amide bonds. The molecule has 0 radical (unpaired) electrons. The monoisotopic (exact) mass is 899 g/mol. The van der Waals surface area contributed by atoms with E-state index in [9.17, 15) is 14.4 Å². The number of unbranched alkanes of at least 4 members (excludes halogenated alkanes) is 24. The molecular weight excluding hydrogens is 789 g/mol. The zero-order valence-corrected chi connectivity index (χ0v) is 43.1. The molecule has 0 aliphatic rings. The summed E-state index contributed by atoms with van der Waals surface area (Å²) in [5.74, 6) is 0.0202. The first kappa shape index (κ1) is 67.7. The van der Waals surface area contributed by atoms with Crippen molar-refractivity contribution in [3.63, 3.8) is 0 Å². The maximum Gasteiger partial charge on any atom is 0.306 e. The Kier molecular flexibility index (Phi) is 66.9. The van der Waals surface area contributed by atoms with Crippen molar-refractivity contribution in [2.24, 2.45) is 11.5 Å². The van der Waals surface area contributed by atoms with E-state index >= 15 is 0 Å². The number of hydrogen-bond acceptors (Lipinski definition) is 9. The van der Waals surface area contributed by atoms with Crippen molar-refractivity contribution in [3.8, 4) is 0 Å². The van der Waals surface area contributed by atoms with E-state index in [-0.39, 0.29) is 24.5 Å². The fourth-order valence-electron chi connectivity index (χ4n) is 7.70. The van der Waals surface area contributed by atoms with Gasteiger partial charge in [0.1, 0.15) is 18.7 Å². The fourth-order valence-corrected chi connectivity index (χ4v) is 7.70. The third-order valence-electron chi connectivity index (χ3n) is 11.7. The summed E-state index contributed by atoms with van der Waals surface area (Å²) in [5, 5.41) is 3.27. The Bertz CT molecular complexity index is 862. The first-order valence-electron chi connectivity index (χ1n) is 26.6. The zero-order valence-electron chi connectivity index (χ0n) is 43.1. The van der Waals surface area contributed by atoms with Crippen molar-refractivity contribution in [2.45, 2.75) is 278 Å². The van der Waals surface area contributed by atoms with Crippen LogP contribution in [0.4, 0.5) is 0 Å². The number of aldehydes is 2. The molecule has 0 aromatic rings. The van der Waals surface area contributed by atoms with E-state index in [2.05, 4.69) is 49.4 Å². The van der Waals surface area contributed by atoms with E-state index < -0.39 is 0 Å². The largest absolute Gasteiger partial charge is 0.462 e. The molecule has 0 saturated carbocycles. The number of esters is 1. The topological polar surface area (TPSA) is 154 Å². The Morgan fingerprint density at radius 2 is 0.937 bits per heavy atom. The van der Waals surface area contributed by atoms with Gasteiger partial charge in [-0.1, -0.05) is 169 Å². The second-order valence-electron chi connectivity index (χ2n) is 17.5. The number of ether oxygens (including phenoxy) is 2. The molecular formula is C53H110N4O6. The first-order chi connectivity index (χ1) is 30.8. The number of amides is 1. The average Bonchev–Trinajstić information content (AvgIpc) is 3.29. The van der Waals surface area contributed by atoms with Crippen molar-refractivity contribution in [1.82, 2.24) is 10.2 Å². The zero-order chi connectivity index (χ0) is 47.7. The number of nitrogens with two attached hydrogens (primary N) is 2. The number of nitrogens with one attached hydrogen (secondary N) is 1. The highest BCUT2D eigenvalue weighted by Crippen LogP contribution is 2.19. The molecule has 0 fully saturated rings. The second-order valence-corrected chi connectivity index (χ2v) is 17.5. The molecule has 0 aromatic carbocycles. The van der Waals surface area contributed by atoms with Crippen LogP contribution in [-0.2, 0) is 28.7 Å². The molecule has 378 valence electrons. The van der Waals surface area contributed by atoms with Gasteiger partial charge in [-0.05, 0) is 111 Å². The van der Waals surface area contributed by atoms with E-state index in [0.717, 1.165) is 90.1 Å². The Hall–Kier alpha value is -1.88. The lowest BCUT2D eigenvalue weighted by Gasteiger charge is -2.22. The third-order valence-corrected chi connectivity index (χ3v) is 11.7. The standard InChI is InChI=1S/C39H76N2O4.C12H26O.CH3NO.CH5N/c1-4-6-8-10-15-21-28-38(29-22-16-11-9-7-5-2)45-39(44)30-23-17-14-19-25-33-41(34-27-31-40-37(3)36-43)32-24-18-12-13-20-26-35-42;1-4-6-7-8-9-10-11-12(5-2)13-3;2-1-3;1-2/h35-38,40H,4-34H2,1-3H3;12H,4-11H2,1-3H3;1H,(H2,2,3);2H2,1H3.